The molecule has 4 heteroatoms. The van der Waals surface area contributed by atoms with Crippen LogP contribution in [0.4, 0.5) is 0 Å². The van der Waals surface area contributed by atoms with Crippen LogP contribution in [0.25, 0.3) is 0 Å². The Balaban J connectivity index is 4.23. The van der Waals surface area contributed by atoms with Gasteiger partial charge in [-0.3, -0.25) is 9.59 Å². The number of carbonyl (C=O) groups excluding carboxylic acids is 2. The lowest BCUT2D eigenvalue weighted by molar-refractivity contribution is -0.142. The third kappa shape index (κ3) is 5.35. The minimum absolute atomic E-state index is 0.0246. The highest BCUT2D eigenvalue weighted by atomic mass is 16.5. The molecule has 0 rings (SSSR count). The Morgan fingerprint density at radius 3 is 2.29 bits per heavy atom. The first kappa shape index (κ1) is 12.7. The molecule has 0 heterocycles. The number of esters is 1. The van der Waals surface area contributed by atoms with Crippen molar-refractivity contribution in [3.05, 3.63) is 11.8 Å². The van der Waals surface area contributed by atoms with Crippen molar-refractivity contribution in [2.45, 2.75) is 27.2 Å². The average Bonchev–Trinajstić information content (AvgIpc) is 2.12. The fraction of sp³-hybridized carbons (Fsp3) is 0.600. The summed E-state index contributed by atoms with van der Waals surface area (Å²) < 4.78 is 9.66. The minimum atomic E-state index is -0.409. The van der Waals surface area contributed by atoms with Crippen LogP contribution in [-0.4, -0.2) is 25.0 Å². The number of hydrogen-bond donors (Lipinski definition) is 0. The molecule has 0 fully saturated rings. The first-order chi connectivity index (χ1) is 6.61. The highest BCUT2D eigenvalue weighted by Gasteiger charge is 2.11. The summed E-state index contributed by atoms with van der Waals surface area (Å²) in [6.45, 7) is 5.71. The van der Waals surface area contributed by atoms with Gasteiger partial charge in [0.25, 0.3) is 0 Å². The van der Waals surface area contributed by atoms with Crippen molar-refractivity contribution >= 4 is 11.8 Å². The quantitative estimate of drug-likeness (QED) is 0.370. The smallest absolute Gasteiger partial charge is 0.310 e. The van der Waals surface area contributed by atoms with Crippen LogP contribution >= 0.6 is 0 Å². The van der Waals surface area contributed by atoms with Gasteiger partial charge >= 0.3 is 5.97 Å². The van der Waals surface area contributed by atoms with E-state index >= 15 is 0 Å². The lowest BCUT2D eigenvalue weighted by atomic mass is 10.1. The zero-order chi connectivity index (χ0) is 11.0. The van der Waals surface area contributed by atoms with E-state index in [9.17, 15) is 9.59 Å². The van der Waals surface area contributed by atoms with Crippen molar-refractivity contribution in [3.8, 4) is 0 Å². The lowest BCUT2D eigenvalue weighted by Gasteiger charge is -2.03. The number of rotatable bonds is 6. The molecule has 0 aliphatic rings. The maximum absolute atomic E-state index is 11.1. The molecule has 14 heavy (non-hydrogen) atoms. The van der Waals surface area contributed by atoms with E-state index in [1.54, 1.807) is 13.8 Å². The van der Waals surface area contributed by atoms with Gasteiger partial charge in [0.1, 0.15) is 0 Å². The molecule has 0 spiro atoms. The molecular weight excluding hydrogens is 184 g/mol. The van der Waals surface area contributed by atoms with Crippen LogP contribution in [0.3, 0.4) is 0 Å². The molecule has 0 N–H and O–H groups in total. The van der Waals surface area contributed by atoms with E-state index in [-0.39, 0.29) is 12.2 Å². The van der Waals surface area contributed by atoms with Crippen molar-refractivity contribution in [1.29, 1.82) is 0 Å². The van der Waals surface area contributed by atoms with Gasteiger partial charge < -0.3 is 9.47 Å². The molecule has 0 aromatic rings. The van der Waals surface area contributed by atoms with E-state index in [1.807, 2.05) is 0 Å². The summed E-state index contributed by atoms with van der Waals surface area (Å²) >= 11 is 0. The summed E-state index contributed by atoms with van der Waals surface area (Å²) in [5.41, 5.74) is 0.338. The Morgan fingerprint density at radius 2 is 1.86 bits per heavy atom. The van der Waals surface area contributed by atoms with E-state index in [0.29, 0.717) is 18.8 Å². The van der Waals surface area contributed by atoms with Gasteiger partial charge in [-0.2, -0.15) is 0 Å². The predicted octanol–water partition coefficient (Wildman–Crippen LogP) is 1.45. The van der Waals surface area contributed by atoms with Crippen LogP contribution in [-0.2, 0) is 19.1 Å². The minimum Gasteiger partial charge on any atom is -0.501 e. The SMILES string of the molecule is CCO/C=C(/CC(=O)OCC)C(C)=O. The Morgan fingerprint density at radius 1 is 1.21 bits per heavy atom. The second-order valence-corrected chi connectivity index (χ2v) is 2.64. The van der Waals surface area contributed by atoms with Crippen LogP contribution < -0.4 is 0 Å². The fourth-order valence-corrected chi connectivity index (χ4v) is 0.801. The van der Waals surface area contributed by atoms with Crippen molar-refractivity contribution < 1.29 is 19.1 Å². The third-order valence-electron chi connectivity index (χ3n) is 1.48. The molecule has 0 saturated heterocycles. The van der Waals surface area contributed by atoms with Crippen LogP contribution in [0, 0.1) is 0 Å². The molecule has 0 aliphatic heterocycles. The molecule has 0 saturated carbocycles. The van der Waals surface area contributed by atoms with E-state index in [1.165, 1.54) is 13.2 Å². The Hall–Kier alpha value is -1.32. The number of hydrogen-bond acceptors (Lipinski definition) is 4. The summed E-state index contributed by atoms with van der Waals surface area (Å²) in [7, 11) is 0. The van der Waals surface area contributed by atoms with Gasteiger partial charge in [0.05, 0.1) is 25.9 Å². The zero-order valence-corrected chi connectivity index (χ0v) is 8.83. The lowest BCUT2D eigenvalue weighted by Crippen LogP contribution is -2.09. The summed E-state index contributed by atoms with van der Waals surface area (Å²) in [5.74, 6) is -0.583. The van der Waals surface area contributed by atoms with E-state index < -0.39 is 5.97 Å². The van der Waals surface area contributed by atoms with E-state index in [4.69, 9.17) is 9.47 Å². The number of Topliss-reactive ketones (excluding diaryl/α,β-unsaturated/α-hetero) is 1. The average molecular weight is 200 g/mol. The van der Waals surface area contributed by atoms with Crippen molar-refractivity contribution in [1.82, 2.24) is 0 Å². The van der Waals surface area contributed by atoms with Crippen LogP contribution in [0.1, 0.15) is 27.2 Å². The first-order valence-electron chi connectivity index (χ1n) is 4.59. The maximum atomic E-state index is 11.1. The van der Waals surface area contributed by atoms with Crippen LogP contribution in [0.15, 0.2) is 11.8 Å². The molecule has 0 aliphatic carbocycles. The summed E-state index contributed by atoms with van der Waals surface area (Å²) in [6, 6.07) is 0. The molecular formula is C10H16O4. The van der Waals surface area contributed by atoms with Gasteiger partial charge in [-0.1, -0.05) is 0 Å². The normalized spacial score (nSPS) is 10.9. The van der Waals surface area contributed by atoms with Gasteiger partial charge in [0.15, 0.2) is 5.78 Å². The van der Waals surface area contributed by atoms with Crippen LogP contribution in [0.5, 0.6) is 0 Å². The van der Waals surface area contributed by atoms with E-state index in [2.05, 4.69) is 0 Å². The van der Waals surface area contributed by atoms with Crippen molar-refractivity contribution in [2.75, 3.05) is 13.2 Å². The summed E-state index contributed by atoms with van der Waals surface area (Å²) in [6.07, 6.45) is 1.29. The molecule has 0 aromatic heterocycles. The maximum Gasteiger partial charge on any atom is 0.310 e. The third-order valence-corrected chi connectivity index (χ3v) is 1.48. The molecule has 0 atom stereocenters. The predicted molar refractivity (Wildman–Crippen MR) is 51.6 cm³/mol. The van der Waals surface area contributed by atoms with Gasteiger partial charge in [-0.05, 0) is 20.8 Å². The molecule has 0 amide bonds. The second-order valence-electron chi connectivity index (χ2n) is 2.64. The molecule has 0 bridgehead atoms. The molecule has 80 valence electrons. The fourth-order valence-electron chi connectivity index (χ4n) is 0.801. The van der Waals surface area contributed by atoms with Gasteiger partial charge in [0, 0.05) is 5.57 Å². The Kier molecular flexibility index (Phi) is 6.45. The number of ether oxygens (including phenoxy) is 2. The Bertz CT molecular complexity index is 230. The van der Waals surface area contributed by atoms with Crippen LogP contribution in [0.2, 0.25) is 0 Å². The van der Waals surface area contributed by atoms with Gasteiger partial charge in [0.2, 0.25) is 0 Å². The molecule has 0 unspecified atom stereocenters. The summed E-state index contributed by atoms with van der Waals surface area (Å²) in [4.78, 5) is 22.1. The topological polar surface area (TPSA) is 52.6 Å². The number of ketones is 1. The number of carbonyl (C=O) groups is 2. The molecule has 0 aromatic carbocycles. The zero-order valence-electron chi connectivity index (χ0n) is 8.83. The van der Waals surface area contributed by atoms with Gasteiger partial charge in [-0.15, -0.1) is 0 Å². The van der Waals surface area contributed by atoms with Crippen molar-refractivity contribution in [3.63, 3.8) is 0 Å². The second kappa shape index (κ2) is 7.12. The Labute approximate surface area is 83.9 Å². The highest BCUT2D eigenvalue weighted by Crippen LogP contribution is 2.05. The van der Waals surface area contributed by atoms with Crippen molar-refractivity contribution in [2.24, 2.45) is 0 Å². The standard InChI is InChI=1S/C10H16O4/c1-4-13-7-9(8(3)11)6-10(12)14-5-2/h7H,4-6H2,1-3H3/b9-7-. The van der Waals surface area contributed by atoms with E-state index in [0.717, 1.165) is 0 Å². The highest BCUT2D eigenvalue weighted by molar-refractivity contribution is 5.97. The first-order valence-corrected chi connectivity index (χ1v) is 4.59. The monoisotopic (exact) mass is 200 g/mol. The molecule has 0 radical (unpaired) electrons. The largest absolute Gasteiger partial charge is 0.501 e. The van der Waals surface area contributed by atoms with Gasteiger partial charge in [-0.25, -0.2) is 0 Å². The summed E-state index contributed by atoms with van der Waals surface area (Å²) in [5, 5.41) is 0. The molecule has 4 nitrogen and oxygen atoms in total.